The third kappa shape index (κ3) is 2.94. The lowest BCUT2D eigenvalue weighted by atomic mass is 10.3. The standard InChI is InChI=1S/C15H13N5O/c1-10-5-4-7-12(18-10)15(21)20-13-9-17-14(19-13)11-6-2-3-8-16-11/h2-9H,1H3,(H,17,19)(H,20,21). The molecule has 0 aliphatic rings. The van der Waals surface area contributed by atoms with Crippen molar-refractivity contribution in [3.63, 3.8) is 0 Å². The maximum atomic E-state index is 12.1. The molecule has 6 heteroatoms. The third-order valence-electron chi connectivity index (χ3n) is 2.85. The van der Waals surface area contributed by atoms with E-state index in [9.17, 15) is 4.79 Å². The van der Waals surface area contributed by atoms with Crippen LogP contribution in [0.3, 0.4) is 0 Å². The SMILES string of the molecule is Cc1cccc(C(=O)Nc2cnc(-c3ccccn3)[nH]2)n1. The lowest BCUT2D eigenvalue weighted by Gasteiger charge is -2.02. The molecule has 0 saturated heterocycles. The van der Waals surface area contributed by atoms with E-state index in [-0.39, 0.29) is 5.91 Å². The summed E-state index contributed by atoms with van der Waals surface area (Å²) in [5.74, 6) is 0.821. The summed E-state index contributed by atoms with van der Waals surface area (Å²) in [6.45, 7) is 1.84. The number of aryl methyl sites for hydroxylation is 1. The van der Waals surface area contributed by atoms with Crippen molar-refractivity contribution in [3.05, 3.63) is 60.2 Å². The topological polar surface area (TPSA) is 83.6 Å². The predicted octanol–water partition coefficient (Wildman–Crippen LogP) is 2.43. The highest BCUT2D eigenvalue weighted by atomic mass is 16.1. The minimum atomic E-state index is -0.282. The molecular formula is C15H13N5O. The normalized spacial score (nSPS) is 10.3. The third-order valence-corrected chi connectivity index (χ3v) is 2.85. The van der Waals surface area contributed by atoms with E-state index >= 15 is 0 Å². The lowest BCUT2D eigenvalue weighted by Crippen LogP contribution is -2.14. The van der Waals surface area contributed by atoms with Gasteiger partial charge in [0.25, 0.3) is 5.91 Å². The van der Waals surface area contributed by atoms with Gasteiger partial charge in [0.1, 0.15) is 17.2 Å². The summed E-state index contributed by atoms with van der Waals surface area (Å²) in [4.78, 5) is 27.7. The Morgan fingerprint density at radius 1 is 1.14 bits per heavy atom. The van der Waals surface area contributed by atoms with E-state index in [2.05, 4.69) is 25.3 Å². The van der Waals surface area contributed by atoms with E-state index < -0.39 is 0 Å². The zero-order chi connectivity index (χ0) is 14.7. The number of hydrogen-bond donors (Lipinski definition) is 2. The monoisotopic (exact) mass is 279 g/mol. The fraction of sp³-hybridized carbons (Fsp3) is 0.0667. The number of rotatable bonds is 3. The van der Waals surface area contributed by atoms with E-state index in [1.54, 1.807) is 24.5 Å². The Hall–Kier alpha value is -3.02. The molecule has 3 aromatic rings. The van der Waals surface area contributed by atoms with Crippen molar-refractivity contribution in [2.24, 2.45) is 0 Å². The molecule has 0 radical (unpaired) electrons. The molecule has 0 atom stereocenters. The van der Waals surface area contributed by atoms with Crippen molar-refractivity contribution in [2.45, 2.75) is 6.92 Å². The highest BCUT2D eigenvalue weighted by Crippen LogP contribution is 2.14. The van der Waals surface area contributed by atoms with Crippen molar-refractivity contribution in [1.29, 1.82) is 0 Å². The molecule has 0 aliphatic carbocycles. The molecule has 104 valence electrons. The van der Waals surface area contributed by atoms with Gasteiger partial charge in [-0.25, -0.2) is 9.97 Å². The molecule has 21 heavy (non-hydrogen) atoms. The minimum absolute atomic E-state index is 0.282. The van der Waals surface area contributed by atoms with Gasteiger partial charge in [-0.05, 0) is 31.2 Å². The maximum Gasteiger partial charge on any atom is 0.275 e. The predicted molar refractivity (Wildman–Crippen MR) is 78.7 cm³/mol. The van der Waals surface area contributed by atoms with Crippen LogP contribution < -0.4 is 5.32 Å². The van der Waals surface area contributed by atoms with Crippen LogP contribution in [0.2, 0.25) is 0 Å². The first-order valence-electron chi connectivity index (χ1n) is 6.44. The highest BCUT2D eigenvalue weighted by Gasteiger charge is 2.10. The Bertz CT molecular complexity index is 766. The molecule has 2 N–H and O–H groups in total. The van der Waals surface area contributed by atoms with Crippen LogP contribution in [0.25, 0.3) is 11.5 Å². The fourth-order valence-electron chi connectivity index (χ4n) is 1.87. The Labute approximate surface area is 121 Å². The first kappa shape index (κ1) is 13.0. The van der Waals surface area contributed by atoms with Crippen LogP contribution in [-0.4, -0.2) is 25.8 Å². The number of hydrogen-bond acceptors (Lipinski definition) is 4. The molecule has 0 bridgehead atoms. The number of carbonyl (C=O) groups is 1. The second-order valence-corrected chi connectivity index (χ2v) is 4.48. The van der Waals surface area contributed by atoms with E-state index in [0.717, 1.165) is 5.69 Å². The summed E-state index contributed by atoms with van der Waals surface area (Å²) in [7, 11) is 0. The molecule has 0 aromatic carbocycles. The number of carbonyl (C=O) groups excluding carboxylic acids is 1. The van der Waals surface area contributed by atoms with Gasteiger partial charge in [-0.2, -0.15) is 0 Å². The second-order valence-electron chi connectivity index (χ2n) is 4.48. The lowest BCUT2D eigenvalue weighted by molar-refractivity contribution is 0.102. The summed E-state index contributed by atoms with van der Waals surface area (Å²) >= 11 is 0. The number of pyridine rings is 2. The molecule has 6 nitrogen and oxygen atoms in total. The van der Waals surface area contributed by atoms with E-state index in [4.69, 9.17) is 0 Å². The minimum Gasteiger partial charge on any atom is -0.323 e. The average Bonchev–Trinajstić information content (AvgIpc) is 2.97. The van der Waals surface area contributed by atoms with E-state index in [1.807, 2.05) is 31.2 Å². The molecule has 0 aliphatic heterocycles. The van der Waals surface area contributed by atoms with Crippen molar-refractivity contribution >= 4 is 11.7 Å². The van der Waals surface area contributed by atoms with Gasteiger partial charge in [-0.1, -0.05) is 12.1 Å². The molecular weight excluding hydrogens is 266 g/mol. The first-order chi connectivity index (χ1) is 10.2. The molecule has 0 saturated carbocycles. The quantitative estimate of drug-likeness (QED) is 0.771. The highest BCUT2D eigenvalue weighted by molar-refractivity contribution is 6.02. The van der Waals surface area contributed by atoms with Gasteiger partial charge in [-0.3, -0.25) is 9.78 Å². The van der Waals surface area contributed by atoms with Gasteiger partial charge < -0.3 is 10.3 Å². The van der Waals surface area contributed by atoms with Gasteiger partial charge in [-0.15, -0.1) is 0 Å². The van der Waals surface area contributed by atoms with Crippen molar-refractivity contribution < 1.29 is 4.79 Å². The Balaban J connectivity index is 1.77. The molecule has 1 amide bonds. The van der Waals surface area contributed by atoms with Crippen LogP contribution in [0.5, 0.6) is 0 Å². The summed E-state index contributed by atoms with van der Waals surface area (Å²) in [6.07, 6.45) is 3.24. The smallest absolute Gasteiger partial charge is 0.275 e. The van der Waals surface area contributed by atoms with Crippen molar-refractivity contribution in [3.8, 4) is 11.5 Å². The van der Waals surface area contributed by atoms with E-state index in [0.29, 0.717) is 23.0 Å². The number of amides is 1. The van der Waals surface area contributed by atoms with Crippen LogP contribution in [0.4, 0.5) is 5.82 Å². The van der Waals surface area contributed by atoms with Gasteiger partial charge in [0, 0.05) is 11.9 Å². The largest absolute Gasteiger partial charge is 0.323 e. The Morgan fingerprint density at radius 3 is 2.81 bits per heavy atom. The van der Waals surface area contributed by atoms with Crippen molar-refractivity contribution in [2.75, 3.05) is 5.32 Å². The van der Waals surface area contributed by atoms with E-state index in [1.165, 1.54) is 0 Å². The van der Waals surface area contributed by atoms with Crippen LogP contribution in [-0.2, 0) is 0 Å². The zero-order valence-electron chi connectivity index (χ0n) is 11.4. The fourth-order valence-corrected chi connectivity index (χ4v) is 1.87. The maximum absolute atomic E-state index is 12.1. The number of anilines is 1. The number of aromatic amines is 1. The van der Waals surface area contributed by atoms with Gasteiger partial charge in [0.15, 0.2) is 5.82 Å². The molecule has 3 rings (SSSR count). The molecule has 3 aromatic heterocycles. The molecule has 0 fully saturated rings. The molecule has 0 unspecified atom stereocenters. The van der Waals surface area contributed by atoms with Gasteiger partial charge >= 0.3 is 0 Å². The van der Waals surface area contributed by atoms with Crippen LogP contribution in [0.1, 0.15) is 16.2 Å². The number of H-pyrrole nitrogens is 1. The Morgan fingerprint density at radius 2 is 2.05 bits per heavy atom. The number of nitrogens with one attached hydrogen (secondary N) is 2. The number of aromatic nitrogens is 4. The van der Waals surface area contributed by atoms with Crippen molar-refractivity contribution in [1.82, 2.24) is 19.9 Å². The number of nitrogens with zero attached hydrogens (tertiary/aromatic N) is 3. The molecule has 3 heterocycles. The summed E-state index contributed by atoms with van der Waals surface area (Å²) in [5.41, 5.74) is 1.87. The Kier molecular flexibility index (Phi) is 3.42. The summed E-state index contributed by atoms with van der Waals surface area (Å²) in [6, 6.07) is 10.8. The second kappa shape index (κ2) is 5.54. The van der Waals surface area contributed by atoms with Crippen LogP contribution >= 0.6 is 0 Å². The summed E-state index contributed by atoms with van der Waals surface area (Å²) in [5, 5.41) is 2.73. The zero-order valence-corrected chi connectivity index (χ0v) is 11.4. The number of imidazole rings is 1. The first-order valence-corrected chi connectivity index (χ1v) is 6.44. The summed E-state index contributed by atoms with van der Waals surface area (Å²) < 4.78 is 0. The average molecular weight is 279 g/mol. The van der Waals surface area contributed by atoms with Crippen LogP contribution in [0.15, 0.2) is 48.8 Å². The van der Waals surface area contributed by atoms with Crippen LogP contribution in [0, 0.1) is 6.92 Å². The van der Waals surface area contributed by atoms with Gasteiger partial charge in [0.05, 0.1) is 6.20 Å². The van der Waals surface area contributed by atoms with Gasteiger partial charge in [0.2, 0.25) is 0 Å². The molecule has 0 spiro atoms.